The fraction of sp³-hybridized carbons (Fsp3) is 0.176. The summed E-state index contributed by atoms with van der Waals surface area (Å²) in [5.41, 5.74) is 1.32. The Kier molecular flexibility index (Phi) is 5.26. The second-order valence-corrected chi connectivity index (χ2v) is 5.00. The van der Waals surface area contributed by atoms with Crippen LogP contribution in [0.5, 0.6) is 17.2 Å². The highest BCUT2D eigenvalue weighted by molar-refractivity contribution is 6.43. The number of phenols is 1. The molecule has 2 aromatic rings. The second kappa shape index (κ2) is 7.36. The van der Waals surface area contributed by atoms with Gasteiger partial charge in [0.25, 0.3) is 0 Å². The number of benzene rings is 2. The van der Waals surface area contributed by atoms with Gasteiger partial charge in [0.2, 0.25) is 0 Å². The standard InChI is InChI=1S/C17H18N2O5/c1-10-4-7-14(20)13(8-10)19-17(22)16(21)18-12-6-5-11(23-2)9-15(12)24-3/h4-9,20H,1-3H3,(H,18,21)(H,19,22). The molecule has 0 aliphatic carbocycles. The van der Waals surface area contributed by atoms with E-state index in [-0.39, 0.29) is 11.4 Å². The van der Waals surface area contributed by atoms with Crippen LogP contribution in [0.15, 0.2) is 36.4 Å². The number of amides is 2. The van der Waals surface area contributed by atoms with Crippen LogP contribution >= 0.6 is 0 Å². The first kappa shape index (κ1) is 17.1. The van der Waals surface area contributed by atoms with Crippen LogP contribution in [-0.4, -0.2) is 31.1 Å². The topological polar surface area (TPSA) is 96.9 Å². The third-order valence-corrected chi connectivity index (χ3v) is 3.26. The molecular formula is C17H18N2O5. The van der Waals surface area contributed by atoms with E-state index >= 15 is 0 Å². The predicted octanol–water partition coefficient (Wildman–Crippen LogP) is 2.30. The van der Waals surface area contributed by atoms with Crippen molar-refractivity contribution in [2.45, 2.75) is 6.92 Å². The van der Waals surface area contributed by atoms with Gasteiger partial charge >= 0.3 is 11.8 Å². The van der Waals surface area contributed by atoms with Crippen LogP contribution < -0.4 is 20.1 Å². The molecule has 2 rings (SSSR count). The number of rotatable bonds is 4. The second-order valence-electron chi connectivity index (χ2n) is 5.00. The Bertz CT molecular complexity index is 774. The number of hydrogen-bond acceptors (Lipinski definition) is 5. The Balaban J connectivity index is 2.12. The lowest BCUT2D eigenvalue weighted by atomic mass is 10.2. The largest absolute Gasteiger partial charge is 0.506 e. The molecule has 0 saturated heterocycles. The molecule has 0 unspecified atom stereocenters. The maximum Gasteiger partial charge on any atom is 0.314 e. The summed E-state index contributed by atoms with van der Waals surface area (Å²) >= 11 is 0. The molecule has 0 spiro atoms. The van der Waals surface area contributed by atoms with Crippen LogP contribution in [0, 0.1) is 6.92 Å². The zero-order chi connectivity index (χ0) is 17.7. The minimum Gasteiger partial charge on any atom is -0.506 e. The quantitative estimate of drug-likeness (QED) is 0.590. The molecule has 0 atom stereocenters. The maximum absolute atomic E-state index is 12.0. The van der Waals surface area contributed by atoms with Crippen molar-refractivity contribution in [3.05, 3.63) is 42.0 Å². The highest BCUT2D eigenvalue weighted by Crippen LogP contribution is 2.29. The number of carbonyl (C=O) groups is 2. The number of aryl methyl sites for hydroxylation is 1. The zero-order valence-corrected chi connectivity index (χ0v) is 13.5. The smallest absolute Gasteiger partial charge is 0.314 e. The highest BCUT2D eigenvalue weighted by Gasteiger charge is 2.17. The van der Waals surface area contributed by atoms with Crippen LogP contribution in [0.25, 0.3) is 0 Å². The van der Waals surface area contributed by atoms with E-state index < -0.39 is 11.8 Å². The van der Waals surface area contributed by atoms with Crippen molar-refractivity contribution < 1.29 is 24.2 Å². The first-order chi connectivity index (χ1) is 11.4. The van der Waals surface area contributed by atoms with Crippen LogP contribution in [0.3, 0.4) is 0 Å². The molecular weight excluding hydrogens is 312 g/mol. The van der Waals surface area contributed by atoms with Gasteiger partial charge in [-0.3, -0.25) is 9.59 Å². The molecule has 2 amide bonds. The number of anilines is 2. The monoisotopic (exact) mass is 330 g/mol. The van der Waals surface area contributed by atoms with Crippen molar-refractivity contribution in [3.63, 3.8) is 0 Å². The van der Waals surface area contributed by atoms with Gasteiger partial charge in [0.1, 0.15) is 17.2 Å². The average Bonchev–Trinajstić information content (AvgIpc) is 2.58. The van der Waals surface area contributed by atoms with E-state index in [9.17, 15) is 14.7 Å². The van der Waals surface area contributed by atoms with Crippen molar-refractivity contribution in [1.29, 1.82) is 0 Å². The number of aromatic hydroxyl groups is 1. The van der Waals surface area contributed by atoms with Gasteiger partial charge in [-0.2, -0.15) is 0 Å². The van der Waals surface area contributed by atoms with E-state index in [1.54, 1.807) is 37.3 Å². The number of hydrogen-bond donors (Lipinski definition) is 3. The van der Waals surface area contributed by atoms with Gasteiger partial charge in [-0.1, -0.05) is 6.07 Å². The maximum atomic E-state index is 12.0. The predicted molar refractivity (Wildman–Crippen MR) is 89.6 cm³/mol. The summed E-state index contributed by atoms with van der Waals surface area (Å²) in [6.07, 6.45) is 0. The molecule has 0 aliphatic heterocycles. The van der Waals surface area contributed by atoms with Crippen molar-refractivity contribution in [1.82, 2.24) is 0 Å². The lowest BCUT2D eigenvalue weighted by molar-refractivity contribution is -0.133. The van der Waals surface area contributed by atoms with E-state index in [1.807, 2.05) is 0 Å². The van der Waals surface area contributed by atoms with E-state index in [4.69, 9.17) is 9.47 Å². The summed E-state index contributed by atoms with van der Waals surface area (Å²) in [5.74, 6) is -1.01. The van der Waals surface area contributed by atoms with Gasteiger partial charge in [-0.25, -0.2) is 0 Å². The number of phenolic OH excluding ortho intramolecular Hbond substituents is 1. The third-order valence-electron chi connectivity index (χ3n) is 3.26. The summed E-state index contributed by atoms with van der Waals surface area (Å²) in [7, 11) is 2.95. The molecule has 7 nitrogen and oxygen atoms in total. The molecule has 2 aromatic carbocycles. The van der Waals surface area contributed by atoms with Crippen molar-refractivity contribution in [2.75, 3.05) is 24.9 Å². The molecule has 0 fully saturated rings. The van der Waals surface area contributed by atoms with Gasteiger partial charge in [0.15, 0.2) is 0 Å². The zero-order valence-electron chi connectivity index (χ0n) is 13.5. The lowest BCUT2D eigenvalue weighted by Gasteiger charge is -2.12. The number of carbonyl (C=O) groups excluding carboxylic acids is 2. The Morgan fingerprint density at radius 2 is 1.58 bits per heavy atom. The molecule has 0 saturated carbocycles. The Hall–Kier alpha value is -3.22. The molecule has 126 valence electrons. The fourth-order valence-electron chi connectivity index (χ4n) is 2.01. The normalized spacial score (nSPS) is 9.96. The molecule has 0 aromatic heterocycles. The summed E-state index contributed by atoms with van der Waals surface area (Å²) in [5, 5.41) is 14.5. The molecule has 0 heterocycles. The highest BCUT2D eigenvalue weighted by atomic mass is 16.5. The van der Waals surface area contributed by atoms with Crippen molar-refractivity contribution in [3.8, 4) is 17.2 Å². The third kappa shape index (κ3) is 3.95. The minimum atomic E-state index is -0.909. The van der Waals surface area contributed by atoms with Crippen molar-refractivity contribution in [2.24, 2.45) is 0 Å². The van der Waals surface area contributed by atoms with E-state index in [2.05, 4.69) is 10.6 Å². The van der Waals surface area contributed by atoms with Crippen LogP contribution in [0.1, 0.15) is 5.56 Å². The molecule has 0 radical (unpaired) electrons. The number of methoxy groups -OCH3 is 2. The first-order valence-electron chi connectivity index (χ1n) is 7.08. The fourth-order valence-corrected chi connectivity index (χ4v) is 2.01. The molecule has 7 heteroatoms. The van der Waals surface area contributed by atoms with Gasteiger partial charge in [0, 0.05) is 6.07 Å². The van der Waals surface area contributed by atoms with Gasteiger partial charge in [-0.15, -0.1) is 0 Å². The Labute approximate surface area is 139 Å². The van der Waals surface area contributed by atoms with E-state index in [0.29, 0.717) is 17.2 Å². The molecule has 3 N–H and O–H groups in total. The lowest BCUT2D eigenvalue weighted by Crippen LogP contribution is -2.29. The molecule has 0 aliphatic rings. The summed E-state index contributed by atoms with van der Waals surface area (Å²) in [4.78, 5) is 24.0. The van der Waals surface area contributed by atoms with Gasteiger partial charge in [0.05, 0.1) is 25.6 Å². The van der Waals surface area contributed by atoms with Crippen LogP contribution in [-0.2, 0) is 9.59 Å². The van der Waals surface area contributed by atoms with Crippen LogP contribution in [0.4, 0.5) is 11.4 Å². The summed E-state index contributed by atoms with van der Waals surface area (Å²) in [6.45, 7) is 1.80. The first-order valence-corrected chi connectivity index (χ1v) is 7.08. The SMILES string of the molecule is COc1ccc(NC(=O)C(=O)Nc2cc(C)ccc2O)c(OC)c1. The van der Waals surface area contributed by atoms with Crippen molar-refractivity contribution >= 4 is 23.2 Å². The van der Waals surface area contributed by atoms with Gasteiger partial charge in [-0.05, 0) is 36.8 Å². The van der Waals surface area contributed by atoms with Gasteiger partial charge < -0.3 is 25.2 Å². The van der Waals surface area contributed by atoms with E-state index in [1.165, 1.54) is 20.3 Å². The van der Waals surface area contributed by atoms with Crippen LogP contribution in [0.2, 0.25) is 0 Å². The number of nitrogens with one attached hydrogen (secondary N) is 2. The Morgan fingerprint density at radius 1 is 0.917 bits per heavy atom. The van der Waals surface area contributed by atoms with E-state index in [0.717, 1.165) is 5.56 Å². The molecule has 24 heavy (non-hydrogen) atoms. The average molecular weight is 330 g/mol. The molecule has 0 bridgehead atoms. The summed E-state index contributed by atoms with van der Waals surface area (Å²) < 4.78 is 10.2. The summed E-state index contributed by atoms with van der Waals surface area (Å²) in [6, 6.07) is 9.46. The minimum absolute atomic E-state index is 0.122. The number of ether oxygens (including phenoxy) is 2. The Morgan fingerprint density at radius 3 is 2.21 bits per heavy atom.